The summed E-state index contributed by atoms with van der Waals surface area (Å²) in [5, 5.41) is 3.27. The summed E-state index contributed by atoms with van der Waals surface area (Å²) in [6, 6.07) is 8.07. The van der Waals surface area contributed by atoms with Gasteiger partial charge in [0.15, 0.2) is 0 Å². The minimum absolute atomic E-state index is 0.697. The molecular formula is C12H19NO2S. The highest BCUT2D eigenvalue weighted by Crippen LogP contribution is 2.11. The third-order valence-electron chi connectivity index (χ3n) is 2.32. The monoisotopic (exact) mass is 241 g/mol. The number of methoxy groups -OCH3 is 1. The Morgan fingerprint density at radius 1 is 1.25 bits per heavy atom. The Kier molecular flexibility index (Phi) is 6.11. The third-order valence-corrected chi connectivity index (χ3v) is 3.09. The van der Waals surface area contributed by atoms with Crippen LogP contribution < -0.4 is 10.1 Å². The maximum absolute atomic E-state index is 10.8. The van der Waals surface area contributed by atoms with Gasteiger partial charge in [-0.1, -0.05) is 12.1 Å². The van der Waals surface area contributed by atoms with Crippen LogP contribution in [0, 0.1) is 0 Å². The molecule has 1 aromatic rings. The lowest BCUT2D eigenvalue weighted by molar-refractivity contribution is 0.414. The number of benzene rings is 1. The molecule has 0 saturated heterocycles. The van der Waals surface area contributed by atoms with Gasteiger partial charge in [0.1, 0.15) is 5.75 Å². The summed E-state index contributed by atoms with van der Waals surface area (Å²) in [5.74, 6) is 1.61. The smallest absolute Gasteiger partial charge is 0.118 e. The first kappa shape index (κ1) is 13.2. The van der Waals surface area contributed by atoms with Crippen LogP contribution in [0.2, 0.25) is 0 Å². The number of hydrogen-bond acceptors (Lipinski definition) is 3. The van der Waals surface area contributed by atoms with Crippen molar-refractivity contribution in [1.82, 2.24) is 5.32 Å². The summed E-state index contributed by atoms with van der Waals surface area (Å²) in [6.07, 6.45) is 2.71. The lowest BCUT2D eigenvalue weighted by atomic mass is 10.1. The SMILES string of the molecule is COc1ccc(CCNCCS(C)=O)cc1. The molecule has 0 radical (unpaired) electrons. The first-order chi connectivity index (χ1) is 7.72. The van der Waals surface area contributed by atoms with Gasteiger partial charge >= 0.3 is 0 Å². The van der Waals surface area contributed by atoms with Crippen LogP contribution in [0.1, 0.15) is 5.56 Å². The Labute approximate surface area is 99.7 Å². The molecule has 0 aromatic heterocycles. The fourth-order valence-corrected chi connectivity index (χ4v) is 1.80. The van der Waals surface area contributed by atoms with Crippen LogP contribution >= 0.6 is 0 Å². The average molecular weight is 241 g/mol. The van der Waals surface area contributed by atoms with Crippen LogP contribution in [-0.4, -0.2) is 36.4 Å². The maximum atomic E-state index is 10.8. The fourth-order valence-electron chi connectivity index (χ4n) is 1.37. The molecular weight excluding hydrogens is 222 g/mol. The van der Waals surface area contributed by atoms with Gasteiger partial charge in [0.25, 0.3) is 0 Å². The fraction of sp³-hybridized carbons (Fsp3) is 0.500. The van der Waals surface area contributed by atoms with Gasteiger partial charge in [-0.2, -0.15) is 0 Å². The highest BCUT2D eigenvalue weighted by atomic mass is 32.2. The van der Waals surface area contributed by atoms with Crippen LogP contribution in [0.3, 0.4) is 0 Å². The van der Waals surface area contributed by atoms with E-state index < -0.39 is 10.8 Å². The first-order valence-electron chi connectivity index (χ1n) is 5.36. The Morgan fingerprint density at radius 2 is 1.94 bits per heavy atom. The topological polar surface area (TPSA) is 38.3 Å². The second kappa shape index (κ2) is 7.41. The zero-order valence-electron chi connectivity index (χ0n) is 9.86. The van der Waals surface area contributed by atoms with Crippen molar-refractivity contribution < 1.29 is 8.95 Å². The summed E-state index contributed by atoms with van der Waals surface area (Å²) in [7, 11) is 0.971. The zero-order valence-corrected chi connectivity index (χ0v) is 10.7. The van der Waals surface area contributed by atoms with E-state index in [0.29, 0.717) is 0 Å². The Balaban J connectivity index is 2.19. The molecule has 16 heavy (non-hydrogen) atoms. The number of rotatable bonds is 7. The van der Waals surface area contributed by atoms with Crippen LogP contribution in [0.4, 0.5) is 0 Å². The summed E-state index contributed by atoms with van der Waals surface area (Å²) in [5.41, 5.74) is 1.28. The van der Waals surface area contributed by atoms with E-state index in [2.05, 4.69) is 17.4 Å². The molecule has 90 valence electrons. The molecule has 1 N–H and O–H groups in total. The predicted octanol–water partition coefficient (Wildman–Crippen LogP) is 1.21. The Hall–Kier alpha value is -0.870. The van der Waals surface area contributed by atoms with Crippen molar-refractivity contribution in [2.45, 2.75) is 6.42 Å². The molecule has 0 bridgehead atoms. The van der Waals surface area contributed by atoms with Gasteiger partial charge in [-0.3, -0.25) is 4.21 Å². The number of hydrogen-bond donors (Lipinski definition) is 1. The first-order valence-corrected chi connectivity index (χ1v) is 7.09. The Morgan fingerprint density at radius 3 is 2.50 bits per heavy atom. The quantitative estimate of drug-likeness (QED) is 0.729. The zero-order chi connectivity index (χ0) is 11.8. The van der Waals surface area contributed by atoms with Crippen LogP contribution in [0.25, 0.3) is 0 Å². The molecule has 4 heteroatoms. The summed E-state index contributed by atoms with van der Waals surface area (Å²) >= 11 is 0. The molecule has 1 rings (SSSR count). The van der Waals surface area contributed by atoms with Gasteiger partial charge in [0, 0.05) is 29.4 Å². The van der Waals surface area contributed by atoms with Gasteiger partial charge < -0.3 is 10.1 Å². The second-order valence-electron chi connectivity index (χ2n) is 3.63. The van der Waals surface area contributed by atoms with Gasteiger partial charge in [-0.05, 0) is 30.7 Å². The van der Waals surface area contributed by atoms with Gasteiger partial charge in [-0.25, -0.2) is 0 Å². The summed E-state index contributed by atoms with van der Waals surface area (Å²) in [6.45, 7) is 1.74. The summed E-state index contributed by atoms with van der Waals surface area (Å²) in [4.78, 5) is 0. The van der Waals surface area contributed by atoms with Crippen molar-refractivity contribution in [2.24, 2.45) is 0 Å². The minimum atomic E-state index is -0.697. The van der Waals surface area contributed by atoms with Crippen molar-refractivity contribution in [3.63, 3.8) is 0 Å². The van der Waals surface area contributed by atoms with Gasteiger partial charge in [0.2, 0.25) is 0 Å². The van der Waals surface area contributed by atoms with Crippen LogP contribution in [0.15, 0.2) is 24.3 Å². The van der Waals surface area contributed by atoms with E-state index in [1.807, 2.05) is 12.1 Å². The minimum Gasteiger partial charge on any atom is -0.497 e. The molecule has 3 nitrogen and oxygen atoms in total. The van der Waals surface area contributed by atoms with Crippen LogP contribution in [0.5, 0.6) is 5.75 Å². The van der Waals surface area contributed by atoms with Crippen molar-refractivity contribution in [3.05, 3.63) is 29.8 Å². The van der Waals surface area contributed by atoms with Crippen molar-refractivity contribution in [2.75, 3.05) is 32.2 Å². The molecule has 1 atom stereocenters. The molecule has 0 fully saturated rings. The van der Waals surface area contributed by atoms with Gasteiger partial charge in [-0.15, -0.1) is 0 Å². The lowest BCUT2D eigenvalue weighted by Gasteiger charge is -2.05. The van der Waals surface area contributed by atoms with Crippen molar-refractivity contribution in [3.8, 4) is 5.75 Å². The van der Waals surface area contributed by atoms with E-state index >= 15 is 0 Å². The highest BCUT2D eigenvalue weighted by Gasteiger charge is 1.95. The number of ether oxygens (including phenoxy) is 1. The number of nitrogens with one attached hydrogen (secondary N) is 1. The molecule has 0 spiro atoms. The highest BCUT2D eigenvalue weighted by molar-refractivity contribution is 7.84. The maximum Gasteiger partial charge on any atom is 0.118 e. The Bertz CT molecular complexity index is 324. The molecule has 1 aromatic carbocycles. The van der Waals surface area contributed by atoms with E-state index in [4.69, 9.17) is 4.74 Å². The molecule has 0 aliphatic carbocycles. The summed E-state index contributed by atoms with van der Waals surface area (Å²) < 4.78 is 15.9. The molecule has 0 aliphatic heterocycles. The predicted molar refractivity (Wildman–Crippen MR) is 68.5 cm³/mol. The largest absolute Gasteiger partial charge is 0.497 e. The van der Waals surface area contributed by atoms with E-state index in [1.165, 1.54) is 5.56 Å². The third kappa shape index (κ3) is 5.28. The van der Waals surface area contributed by atoms with E-state index in [1.54, 1.807) is 13.4 Å². The van der Waals surface area contributed by atoms with Gasteiger partial charge in [0.05, 0.1) is 7.11 Å². The molecule has 0 amide bonds. The van der Waals surface area contributed by atoms with Crippen molar-refractivity contribution >= 4 is 10.8 Å². The van der Waals surface area contributed by atoms with Crippen LogP contribution in [-0.2, 0) is 17.2 Å². The van der Waals surface area contributed by atoms with E-state index in [-0.39, 0.29) is 0 Å². The van der Waals surface area contributed by atoms with E-state index in [9.17, 15) is 4.21 Å². The van der Waals surface area contributed by atoms with E-state index in [0.717, 1.165) is 31.0 Å². The average Bonchev–Trinajstić information content (AvgIpc) is 2.29. The lowest BCUT2D eigenvalue weighted by Crippen LogP contribution is -2.22. The molecule has 0 aliphatic rings. The molecule has 0 saturated carbocycles. The second-order valence-corrected chi connectivity index (χ2v) is 5.18. The van der Waals surface area contributed by atoms with Crippen molar-refractivity contribution in [1.29, 1.82) is 0 Å². The normalized spacial score (nSPS) is 12.4. The molecule has 0 heterocycles. The molecule has 1 unspecified atom stereocenters. The standard InChI is InChI=1S/C12H19NO2S/c1-15-12-5-3-11(4-6-12)7-8-13-9-10-16(2)14/h3-6,13H,7-10H2,1-2H3.